The van der Waals surface area contributed by atoms with Gasteiger partial charge in [0.25, 0.3) is 0 Å². The molecule has 0 aromatic heterocycles. The lowest BCUT2D eigenvalue weighted by atomic mass is 10.1. The normalized spacial score (nSPS) is 21.5. The third kappa shape index (κ3) is 1.62. The molecule has 0 bridgehead atoms. The molecule has 1 unspecified atom stereocenters. The van der Waals surface area contributed by atoms with Crippen LogP contribution in [0, 0.1) is 0 Å². The zero-order chi connectivity index (χ0) is 9.26. The first-order chi connectivity index (χ1) is 6.25. The summed E-state index contributed by atoms with van der Waals surface area (Å²) in [7, 11) is 0. The summed E-state index contributed by atoms with van der Waals surface area (Å²) < 4.78 is 0. The van der Waals surface area contributed by atoms with Crippen molar-refractivity contribution in [3.63, 3.8) is 0 Å². The highest BCUT2D eigenvalue weighted by molar-refractivity contribution is 5.78. The van der Waals surface area contributed by atoms with Crippen LogP contribution in [0.2, 0.25) is 0 Å². The molecule has 1 heterocycles. The molecule has 0 saturated carbocycles. The van der Waals surface area contributed by atoms with Crippen molar-refractivity contribution in [2.75, 3.05) is 0 Å². The highest BCUT2D eigenvalue weighted by Gasteiger charge is 2.21. The van der Waals surface area contributed by atoms with Gasteiger partial charge >= 0.3 is 0 Å². The SMILES string of the molecule is O=C1CC(c2ccc(O)cc2)NN1. The van der Waals surface area contributed by atoms with Crippen molar-refractivity contribution in [2.24, 2.45) is 0 Å². The van der Waals surface area contributed by atoms with E-state index in [0.717, 1.165) is 5.56 Å². The molecule has 68 valence electrons. The standard InChI is InChI=1S/C9H10N2O2/c12-7-3-1-6(2-4-7)8-5-9(13)11-10-8/h1-4,8,10,12H,5H2,(H,11,13). The van der Waals surface area contributed by atoms with E-state index in [1.807, 2.05) is 0 Å². The van der Waals surface area contributed by atoms with Gasteiger partial charge in [-0.05, 0) is 17.7 Å². The number of phenolic OH excluding ortho intramolecular Hbond substituents is 1. The molecule has 1 amide bonds. The van der Waals surface area contributed by atoms with Gasteiger partial charge in [0, 0.05) is 6.42 Å². The maximum Gasteiger partial charge on any atom is 0.236 e. The van der Waals surface area contributed by atoms with E-state index in [2.05, 4.69) is 10.9 Å². The van der Waals surface area contributed by atoms with E-state index in [9.17, 15) is 4.79 Å². The molecule has 0 radical (unpaired) electrons. The number of hydrazine groups is 1. The third-order valence-corrected chi connectivity index (χ3v) is 2.07. The lowest BCUT2D eigenvalue weighted by molar-refractivity contribution is -0.119. The maximum atomic E-state index is 10.9. The Morgan fingerprint density at radius 1 is 1.31 bits per heavy atom. The molecule has 1 aromatic rings. The van der Waals surface area contributed by atoms with Crippen LogP contribution in [-0.4, -0.2) is 11.0 Å². The molecule has 1 fully saturated rings. The average Bonchev–Trinajstić information content (AvgIpc) is 2.53. The Labute approximate surface area is 75.5 Å². The van der Waals surface area contributed by atoms with Gasteiger partial charge in [-0.1, -0.05) is 12.1 Å². The minimum absolute atomic E-state index is 0.00178. The van der Waals surface area contributed by atoms with Crippen molar-refractivity contribution < 1.29 is 9.90 Å². The van der Waals surface area contributed by atoms with E-state index in [1.165, 1.54) is 0 Å². The zero-order valence-electron chi connectivity index (χ0n) is 6.95. The topological polar surface area (TPSA) is 61.4 Å². The Bertz CT molecular complexity index is 321. The van der Waals surface area contributed by atoms with Crippen molar-refractivity contribution in [1.29, 1.82) is 0 Å². The van der Waals surface area contributed by atoms with Gasteiger partial charge < -0.3 is 5.11 Å². The van der Waals surface area contributed by atoms with Crippen molar-refractivity contribution in [1.82, 2.24) is 10.9 Å². The summed E-state index contributed by atoms with van der Waals surface area (Å²) in [6.07, 6.45) is 0.449. The van der Waals surface area contributed by atoms with Crippen molar-refractivity contribution in [2.45, 2.75) is 12.5 Å². The Hall–Kier alpha value is -1.55. The molecular formula is C9H10N2O2. The summed E-state index contributed by atoms with van der Waals surface area (Å²) in [5.41, 5.74) is 6.39. The number of nitrogens with one attached hydrogen (secondary N) is 2. The van der Waals surface area contributed by atoms with Gasteiger partial charge in [0.05, 0.1) is 6.04 Å². The zero-order valence-corrected chi connectivity index (χ0v) is 6.95. The molecule has 1 aliphatic heterocycles. The molecular weight excluding hydrogens is 168 g/mol. The molecule has 1 aliphatic rings. The summed E-state index contributed by atoms with van der Waals surface area (Å²) in [6.45, 7) is 0. The summed E-state index contributed by atoms with van der Waals surface area (Å²) in [4.78, 5) is 10.9. The number of amides is 1. The Morgan fingerprint density at radius 2 is 2.00 bits per heavy atom. The predicted molar refractivity (Wildman–Crippen MR) is 46.7 cm³/mol. The number of carbonyl (C=O) groups excluding carboxylic acids is 1. The Balaban J connectivity index is 2.17. The highest BCUT2D eigenvalue weighted by atomic mass is 16.3. The summed E-state index contributed by atoms with van der Waals surface area (Å²) in [6, 6.07) is 6.84. The maximum absolute atomic E-state index is 10.9. The van der Waals surface area contributed by atoms with Crippen LogP contribution in [0.3, 0.4) is 0 Å². The molecule has 0 aliphatic carbocycles. The fraction of sp³-hybridized carbons (Fsp3) is 0.222. The van der Waals surface area contributed by atoms with E-state index in [-0.39, 0.29) is 17.7 Å². The average molecular weight is 178 g/mol. The van der Waals surface area contributed by atoms with Gasteiger partial charge in [-0.25, -0.2) is 5.43 Å². The molecule has 4 nitrogen and oxygen atoms in total. The summed E-state index contributed by atoms with van der Waals surface area (Å²) in [5, 5.41) is 9.05. The smallest absolute Gasteiger partial charge is 0.236 e. The van der Waals surface area contributed by atoms with Crippen LogP contribution >= 0.6 is 0 Å². The van der Waals surface area contributed by atoms with Crippen molar-refractivity contribution in [3.8, 4) is 5.75 Å². The monoisotopic (exact) mass is 178 g/mol. The second kappa shape index (κ2) is 3.06. The molecule has 1 atom stereocenters. The van der Waals surface area contributed by atoms with E-state index in [0.29, 0.717) is 6.42 Å². The van der Waals surface area contributed by atoms with Crippen LogP contribution in [-0.2, 0) is 4.79 Å². The lowest BCUT2D eigenvalue weighted by Gasteiger charge is -2.07. The lowest BCUT2D eigenvalue weighted by Crippen LogP contribution is -2.27. The van der Waals surface area contributed by atoms with E-state index >= 15 is 0 Å². The first kappa shape index (κ1) is 8.07. The fourth-order valence-electron chi connectivity index (χ4n) is 1.36. The van der Waals surface area contributed by atoms with Crippen molar-refractivity contribution >= 4 is 5.91 Å². The number of phenols is 1. The first-order valence-electron chi connectivity index (χ1n) is 4.09. The fourth-order valence-corrected chi connectivity index (χ4v) is 1.36. The number of benzene rings is 1. The molecule has 0 spiro atoms. The quantitative estimate of drug-likeness (QED) is 0.585. The van der Waals surface area contributed by atoms with Crippen LogP contribution in [0.25, 0.3) is 0 Å². The van der Waals surface area contributed by atoms with E-state index in [1.54, 1.807) is 24.3 Å². The van der Waals surface area contributed by atoms with Crippen LogP contribution in [0.1, 0.15) is 18.0 Å². The largest absolute Gasteiger partial charge is 0.508 e. The number of rotatable bonds is 1. The minimum Gasteiger partial charge on any atom is -0.508 e. The molecule has 3 N–H and O–H groups in total. The van der Waals surface area contributed by atoms with Crippen LogP contribution in [0.4, 0.5) is 0 Å². The second-order valence-corrected chi connectivity index (χ2v) is 3.04. The third-order valence-electron chi connectivity index (χ3n) is 2.07. The molecule has 1 saturated heterocycles. The predicted octanol–water partition coefficient (Wildman–Crippen LogP) is 0.458. The van der Waals surface area contributed by atoms with Gasteiger partial charge in [-0.15, -0.1) is 0 Å². The van der Waals surface area contributed by atoms with E-state index in [4.69, 9.17) is 5.11 Å². The molecule has 2 rings (SSSR count). The molecule has 4 heteroatoms. The Morgan fingerprint density at radius 3 is 2.54 bits per heavy atom. The summed E-state index contributed by atoms with van der Waals surface area (Å²) in [5.74, 6) is 0.235. The summed E-state index contributed by atoms with van der Waals surface area (Å²) >= 11 is 0. The second-order valence-electron chi connectivity index (χ2n) is 3.04. The number of hydrogen-bond acceptors (Lipinski definition) is 3. The molecule has 1 aromatic carbocycles. The van der Waals surface area contributed by atoms with Crippen molar-refractivity contribution in [3.05, 3.63) is 29.8 Å². The van der Waals surface area contributed by atoms with Gasteiger partial charge in [-0.3, -0.25) is 10.2 Å². The highest BCUT2D eigenvalue weighted by Crippen LogP contribution is 2.21. The van der Waals surface area contributed by atoms with Gasteiger partial charge in [0.2, 0.25) is 5.91 Å². The van der Waals surface area contributed by atoms with Gasteiger partial charge in [0.15, 0.2) is 0 Å². The first-order valence-corrected chi connectivity index (χ1v) is 4.09. The Kier molecular flexibility index (Phi) is 1.90. The van der Waals surface area contributed by atoms with Crippen LogP contribution in [0.15, 0.2) is 24.3 Å². The minimum atomic E-state index is -0.00178. The van der Waals surface area contributed by atoms with Crippen LogP contribution < -0.4 is 10.9 Å². The number of carbonyl (C=O) groups is 1. The van der Waals surface area contributed by atoms with Crippen LogP contribution in [0.5, 0.6) is 5.75 Å². The van der Waals surface area contributed by atoms with E-state index < -0.39 is 0 Å². The number of aromatic hydroxyl groups is 1. The molecule has 13 heavy (non-hydrogen) atoms. The van der Waals surface area contributed by atoms with Gasteiger partial charge in [-0.2, -0.15) is 0 Å². The number of hydrogen-bond donors (Lipinski definition) is 3. The van der Waals surface area contributed by atoms with Gasteiger partial charge in [0.1, 0.15) is 5.75 Å².